The zero-order chi connectivity index (χ0) is 18.1. The van der Waals surface area contributed by atoms with Crippen LogP contribution in [0.4, 0.5) is 23.2 Å². The molecule has 1 amide bonds. The van der Waals surface area contributed by atoms with Gasteiger partial charge in [0.25, 0.3) is 5.91 Å². The van der Waals surface area contributed by atoms with E-state index in [2.05, 4.69) is 5.32 Å². The first-order valence-corrected chi connectivity index (χ1v) is 6.68. The van der Waals surface area contributed by atoms with Crippen LogP contribution in [0.5, 0.6) is 0 Å². The Morgan fingerprint density at radius 3 is 2.29 bits per heavy atom. The molecule has 0 fully saturated rings. The van der Waals surface area contributed by atoms with Crippen molar-refractivity contribution in [2.75, 3.05) is 5.32 Å². The topological polar surface area (TPSA) is 66.4 Å². The van der Waals surface area contributed by atoms with Gasteiger partial charge in [0.15, 0.2) is 0 Å². The van der Waals surface area contributed by atoms with E-state index < -0.39 is 35.0 Å². The number of carboxylic acid groups (broad SMARTS) is 1. The Morgan fingerprint density at radius 1 is 1.08 bits per heavy atom. The molecule has 9 heteroatoms. The minimum Gasteiger partial charge on any atom is -0.478 e. The number of carbonyl (C=O) groups excluding carboxylic acids is 1. The summed E-state index contributed by atoms with van der Waals surface area (Å²) < 4.78 is 51.8. The second-order valence-electron chi connectivity index (χ2n) is 4.64. The molecule has 0 aliphatic heterocycles. The molecule has 0 radical (unpaired) electrons. The van der Waals surface area contributed by atoms with Crippen LogP contribution < -0.4 is 5.32 Å². The molecule has 2 aromatic rings. The number of amides is 1. The summed E-state index contributed by atoms with van der Waals surface area (Å²) in [4.78, 5) is 22.8. The number of rotatable bonds is 3. The van der Waals surface area contributed by atoms with E-state index in [1.807, 2.05) is 0 Å². The van der Waals surface area contributed by atoms with Gasteiger partial charge in [0.2, 0.25) is 0 Å². The zero-order valence-corrected chi connectivity index (χ0v) is 12.4. The molecule has 2 N–H and O–H groups in total. The smallest absolute Gasteiger partial charge is 0.417 e. The van der Waals surface area contributed by atoms with Gasteiger partial charge in [-0.3, -0.25) is 4.79 Å². The number of nitrogens with one attached hydrogen (secondary N) is 1. The van der Waals surface area contributed by atoms with Crippen LogP contribution in [0.1, 0.15) is 26.3 Å². The van der Waals surface area contributed by atoms with Crippen LogP contribution in [0, 0.1) is 5.82 Å². The molecule has 0 atom stereocenters. The van der Waals surface area contributed by atoms with Gasteiger partial charge >= 0.3 is 12.1 Å². The van der Waals surface area contributed by atoms with Gasteiger partial charge in [-0.15, -0.1) is 0 Å². The fraction of sp³-hybridized carbons (Fsp3) is 0.0667. The molecular formula is C15H8ClF4NO3. The maximum Gasteiger partial charge on any atom is 0.417 e. The number of anilines is 1. The minimum absolute atomic E-state index is 0.0795. The second kappa shape index (κ2) is 6.48. The van der Waals surface area contributed by atoms with Gasteiger partial charge in [0.05, 0.1) is 27.4 Å². The van der Waals surface area contributed by atoms with E-state index in [1.54, 1.807) is 0 Å². The number of benzene rings is 2. The van der Waals surface area contributed by atoms with Crippen molar-refractivity contribution in [2.24, 2.45) is 0 Å². The van der Waals surface area contributed by atoms with Crippen molar-refractivity contribution in [3.05, 3.63) is 63.9 Å². The lowest BCUT2D eigenvalue weighted by atomic mass is 10.1. The average Bonchev–Trinajstić information content (AvgIpc) is 2.48. The van der Waals surface area contributed by atoms with Crippen LogP contribution in [0.25, 0.3) is 0 Å². The second-order valence-corrected chi connectivity index (χ2v) is 5.05. The Labute approximate surface area is 137 Å². The molecule has 0 spiro atoms. The van der Waals surface area contributed by atoms with E-state index in [-0.39, 0.29) is 22.3 Å². The lowest BCUT2D eigenvalue weighted by molar-refractivity contribution is -0.138. The van der Waals surface area contributed by atoms with Crippen LogP contribution >= 0.6 is 11.6 Å². The predicted molar refractivity (Wildman–Crippen MR) is 77.8 cm³/mol. The predicted octanol–water partition coefficient (Wildman–Crippen LogP) is 4.45. The number of alkyl halides is 3. The van der Waals surface area contributed by atoms with E-state index in [1.165, 1.54) is 0 Å². The van der Waals surface area contributed by atoms with Gasteiger partial charge in [-0.05, 0) is 36.4 Å². The maximum absolute atomic E-state index is 13.0. The van der Waals surface area contributed by atoms with E-state index in [4.69, 9.17) is 16.7 Å². The molecule has 0 aromatic heterocycles. The van der Waals surface area contributed by atoms with Gasteiger partial charge in [-0.2, -0.15) is 13.2 Å². The van der Waals surface area contributed by atoms with Crippen LogP contribution in [0.15, 0.2) is 36.4 Å². The number of hydrogen-bond donors (Lipinski definition) is 2. The first-order chi connectivity index (χ1) is 11.1. The summed E-state index contributed by atoms with van der Waals surface area (Å²) in [5.74, 6) is -3.55. The first kappa shape index (κ1) is 17.7. The minimum atomic E-state index is -4.92. The SMILES string of the molecule is O=C(O)c1ccc(NC(=O)c2ccc(F)cc2C(F)(F)F)c(Cl)c1. The number of carboxylic acids is 1. The largest absolute Gasteiger partial charge is 0.478 e. The summed E-state index contributed by atoms with van der Waals surface area (Å²) in [6, 6.07) is 4.94. The van der Waals surface area contributed by atoms with Crippen molar-refractivity contribution in [2.45, 2.75) is 6.18 Å². The number of carbonyl (C=O) groups is 2. The van der Waals surface area contributed by atoms with Crippen LogP contribution in [-0.4, -0.2) is 17.0 Å². The molecule has 24 heavy (non-hydrogen) atoms. The van der Waals surface area contributed by atoms with E-state index in [9.17, 15) is 27.2 Å². The molecule has 0 heterocycles. The van der Waals surface area contributed by atoms with E-state index >= 15 is 0 Å². The molecule has 0 unspecified atom stereocenters. The summed E-state index contributed by atoms with van der Waals surface area (Å²) in [6.45, 7) is 0. The normalized spacial score (nSPS) is 11.2. The molecule has 4 nitrogen and oxygen atoms in total. The third kappa shape index (κ3) is 3.83. The summed E-state index contributed by atoms with van der Waals surface area (Å²) in [5, 5.41) is 10.8. The molecule has 0 aliphatic carbocycles. The molecule has 2 rings (SSSR count). The van der Waals surface area contributed by atoms with Crippen molar-refractivity contribution in [3.8, 4) is 0 Å². The Hall–Kier alpha value is -2.61. The lowest BCUT2D eigenvalue weighted by Crippen LogP contribution is -2.19. The zero-order valence-electron chi connectivity index (χ0n) is 11.6. The van der Waals surface area contributed by atoms with Crippen molar-refractivity contribution in [3.63, 3.8) is 0 Å². The molecule has 0 bridgehead atoms. The standard InChI is InChI=1S/C15H8ClF4NO3/c16-11-5-7(14(23)24)1-4-12(11)21-13(22)9-3-2-8(17)6-10(9)15(18,19)20/h1-6H,(H,21,22)(H,23,24). The monoisotopic (exact) mass is 361 g/mol. The fourth-order valence-electron chi connectivity index (χ4n) is 1.89. The van der Waals surface area contributed by atoms with Crippen molar-refractivity contribution < 1.29 is 32.3 Å². The summed E-state index contributed by atoms with van der Waals surface area (Å²) >= 11 is 5.80. The Morgan fingerprint density at radius 2 is 1.75 bits per heavy atom. The number of halogens is 5. The summed E-state index contributed by atoms with van der Waals surface area (Å²) in [5.41, 5.74) is -2.46. The van der Waals surface area contributed by atoms with Gasteiger partial charge < -0.3 is 10.4 Å². The number of hydrogen-bond acceptors (Lipinski definition) is 2. The molecular weight excluding hydrogens is 354 g/mol. The molecule has 126 valence electrons. The van der Waals surface area contributed by atoms with Crippen LogP contribution in [-0.2, 0) is 6.18 Å². The molecule has 0 aliphatic rings. The fourth-order valence-corrected chi connectivity index (χ4v) is 2.12. The average molecular weight is 362 g/mol. The number of aromatic carboxylic acids is 1. The van der Waals surface area contributed by atoms with Gasteiger partial charge in [0, 0.05) is 0 Å². The first-order valence-electron chi connectivity index (χ1n) is 6.30. The third-order valence-electron chi connectivity index (χ3n) is 3.00. The van der Waals surface area contributed by atoms with Gasteiger partial charge in [0.1, 0.15) is 5.82 Å². The molecule has 2 aromatic carbocycles. The van der Waals surface area contributed by atoms with Gasteiger partial charge in [-0.25, -0.2) is 9.18 Å². The summed E-state index contributed by atoms with van der Waals surface area (Å²) in [7, 11) is 0. The van der Waals surface area contributed by atoms with Crippen molar-refractivity contribution >= 4 is 29.2 Å². The van der Waals surface area contributed by atoms with Crippen molar-refractivity contribution in [1.82, 2.24) is 0 Å². The highest BCUT2D eigenvalue weighted by Crippen LogP contribution is 2.33. The van der Waals surface area contributed by atoms with Gasteiger partial charge in [-0.1, -0.05) is 11.6 Å². The van der Waals surface area contributed by atoms with Crippen molar-refractivity contribution in [1.29, 1.82) is 0 Å². The Bertz CT molecular complexity index is 821. The van der Waals surface area contributed by atoms with Crippen LogP contribution in [0.2, 0.25) is 5.02 Å². The van der Waals surface area contributed by atoms with E-state index in [0.29, 0.717) is 6.07 Å². The third-order valence-corrected chi connectivity index (χ3v) is 3.31. The quantitative estimate of drug-likeness (QED) is 0.794. The van der Waals surface area contributed by atoms with Crippen LogP contribution in [0.3, 0.4) is 0 Å². The molecule has 0 saturated carbocycles. The highest BCUT2D eigenvalue weighted by atomic mass is 35.5. The highest BCUT2D eigenvalue weighted by molar-refractivity contribution is 6.34. The lowest BCUT2D eigenvalue weighted by Gasteiger charge is -2.13. The highest BCUT2D eigenvalue weighted by Gasteiger charge is 2.35. The molecule has 0 saturated heterocycles. The maximum atomic E-state index is 13.0. The summed E-state index contributed by atoms with van der Waals surface area (Å²) in [6.07, 6.45) is -4.92. The Kier molecular flexibility index (Phi) is 4.79. The Balaban J connectivity index is 2.36. The van der Waals surface area contributed by atoms with E-state index in [0.717, 1.165) is 24.3 Å².